The summed E-state index contributed by atoms with van der Waals surface area (Å²) in [5, 5.41) is 0. The van der Waals surface area contributed by atoms with E-state index >= 15 is 0 Å². The van der Waals surface area contributed by atoms with Crippen molar-refractivity contribution < 1.29 is 28.6 Å². The fourth-order valence-corrected chi connectivity index (χ4v) is 8.41. The maximum atomic E-state index is 12.8. The Morgan fingerprint density at radius 2 is 0.529 bits per heavy atom. The SMILES string of the molecule is CCCCC/C=C/C/C=C/C/C=C/C/C=C/CCCC(=O)O[C@H](COC(=O)CCCCCCCCC/C=C/C/C=C/CCCCC)COC(=O)CCCCCCCCCCCCCCCCCCCC. The minimum Gasteiger partial charge on any atom is -0.462 e. The maximum absolute atomic E-state index is 12.8. The van der Waals surface area contributed by atoms with Gasteiger partial charge in [0.1, 0.15) is 13.2 Å². The minimum atomic E-state index is -0.806. The smallest absolute Gasteiger partial charge is 0.306 e. The summed E-state index contributed by atoms with van der Waals surface area (Å²) in [7, 11) is 0. The molecule has 0 rings (SSSR count). The van der Waals surface area contributed by atoms with Gasteiger partial charge in [-0.15, -0.1) is 0 Å². The second-order valence-corrected chi connectivity index (χ2v) is 19.9. The normalized spacial score (nSPS) is 12.6. The van der Waals surface area contributed by atoms with Crippen LogP contribution in [0.25, 0.3) is 0 Å². The summed E-state index contributed by atoms with van der Waals surface area (Å²) >= 11 is 0. The molecule has 6 nitrogen and oxygen atoms in total. The van der Waals surface area contributed by atoms with Crippen molar-refractivity contribution >= 4 is 17.9 Å². The Morgan fingerprint density at radius 3 is 0.871 bits per heavy atom. The molecule has 0 aliphatic heterocycles. The van der Waals surface area contributed by atoms with Crippen molar-refractivity contribution in [2.24, 2.45) is 0 Å². The summed E-state index contributed by atoms with van der Waals surface area (Å²) in [6, 6.07) is 0. The highest BCUT2D eigenvalue weighted by Crippen LogP contribution is 2.16. The summed E-state index contributed by atoms with van der Waals surface area (Å²) in [4.78, 5) is 38.2. The van der Waals surface area contributed by atoms with E-state index in [0.717, 1.165) is 77.0 Å². The molecule has 0 aliphatic carbocycles. The second-order valence-electron chi connectivity index (χ2n) is 19.9. The van der Waals surface area contributed by atoms with E-state index in [1.54, 1.807) is 0 Å². The number of unbranched alkanes of at least 4 members (excludes halogenated alkanes) is 31. The van der Waals surface area contributed by atoms with E-state index in [1.807, 2.05) is 0 Å². The molecule has 0 radical (unpaired) electrons. The highest BCUT2D eigenvalue weighted by molar-refractivity contribution is 5.71. The molecule has 0 saturated carbocycles. The van der Waals surface area contributed by atoms with Crippen LogP contribution in [-0.4, -0.2) is 37.2 Å². The van der Waals surface area contributed by atoms with Crippen molar-refractivity contribution in [1.29, 1.82) is 0 Å². The largest absolute Gasteiger partial charge is 0.462 e. The summed E-state index contributed by atoms with van der Waals surface area (Å²) in [6.07, 6.45) is 74.7. The molecule has 0 unspecified atom stereocenters. The zero-order chi connectivity index (χ0) is 50.7. The third kappa shape index (κ3) is 55.8. The van der Waals surface area contributed by atoms with Gasteiger partial charge in [-0.2, -0.15) is 0 Å². The Labute approximate surface area is 433 Å². The number of carbonyl (C=O) groups excluding carboxylic acids is 3. The van der Waals surface area contributed by atoms with Crippen molar-refractivity contribution in [1.82, 2.24) is 0 Å². The third-order valence-corrected chi connectivity index (χ3v) is 12.9. The quantitative estimate of drug-likeness (QED) is 0.0261. The summed E-state index contributed by atoms with van der Waals surface area (Å²) in [5.41, 5.74) is 0. The predicted molar refractivity (Wildman–Crippen MR) is 302 cm³/mol. The van der Waals surface area contributed by atoms with Gasteiger partial charge in [-0.1, -0.05) is 261 Å². The Hall–Kier alpha value is -3.15. The Morgan fingerprint density at radius 1 is 0.286 bits per heavy atom. The molecule has 6 heteroatoms. The Bertz CT molecular complexity index is 1310. The lowest BCUT2D eigenvalue weighted by Gasteiger charge is -2.18. The van der Waals surface area contributed by atoms with Crippen LogP contribution in [0.3, 0.4) is 0 Å². The first-order valence-corrected chi connectivity index (χ1v) is 29.9. The molecule has 0 bridgehead atoms. The highest BCUT2D eigenvalue weighted by atomic mass is 16.6. The summed E-state index contributed by atoms with van der Waals surface area (Å²) < 4.78 is 16.8. The molecule has 0 aromatic heterocycles. The van der Waals surface area contributed by atoms with Crippen LogP contribution in [0.1, 0.15) is 297 Å². The van der Waals surface area contributed by atoms with Crippen LogP contribution in [0.2, 0.25) is 0 Å². The number of esters is 3. The lowest BCUT2D eigenvalue weighted by atomic mass is 10.0. The van der Waals surface area contributed by atoms with E-state index in [1.165, 1.54) is 173 Å². The van der Waals surface area contributed by atoms with Crippen LogP contribution in [0.4, 0.5) is 0 Å². The molecule has 0 aromatic rings. The van der Waals surface area contributed by atoms with Gasteiger partial charge in [0.05, 0.1) is 0 Å². The molecule has 0 spiro atoms. The monoisotopic (exact) mass is 977 g/mol. The standard InChI is InChI=1S/C64H112O6/c1-4-7-10-13-16-19-22-25-28-31-34-36-39-42-45-48-51-54-57-63(66)69-60-61(70-64(67)58-55-52-49-46-43-40-37-33-30-27-24-21-18-15-12-9-6-3)59-68-62(65)56-53-50-47-44-41-38-35-32-29-26-23-20-17-14-11-8-5-2/h17-18,20-21,26-27,29-30,37,40,46,49,61H,4-16,19,22-25,28,31-36,38-39,41-45,47-48,50-60H2,1-3H3/b20-17+,21-18+,29-26+,30-27+,40-37+,49-46+/t61-/m1/s1. The molecule has 70 heavy (non-hydrogen) atoms. The van der Waals surface area contributed by atoms with Crippen molar-refractivity contribution in [3.8, 4) is 0 Å². The van der Waals surface area contributed by atoms with Crippen molar-refractivity contribution in [2.45, 2.75) is 303 Å². The van der Waals surface area contributed by atoms with E-state index < -0.39 is 6.10 Å². The molecule has 0 N–H and O–H groups in total. The van der Waals surface area contributed by atoms with Gasteiger partial charge in [0.25, 0.3) is 0 Å². The molecule has 0 heterocycles. The summed E-state index contributed by atoms with van der Waals surface area (Å²) in [5.74, 6) is -0.950. The fourth-order valence-electron chi connectivity index (χ4n) is 8.41. The van der Waals surface area contributed by atoms with E-state index in [9.17, 15) is 14.4 Å². The van der Waals surface area contributed by atoms with Gasteiger partial charge in [0, 0.05) is 19.3 Å². The summed E-state index contributed by atoms with van der Waals surface area (Å²) in [6.45, 7) is 6.57. The number of rotatable bonds is 54. The number of carbonyl (C=O) groups is 3. The first-order chi connectivity index (χ1) is 34.5. The molecule has 404 valence electrons. The van der Waals surface area contributed by atoms with Gasteiger partial charge < -0.3 is 14.2 Å². The predicted octanol–water partition coefficient (Wildman–Crippen LogP) is 20.2. The van der Waals surface area contributed by atoms with Gasteiger partial charge in [-0.25, -0.2) is 0 Å². The number of ether oxygens (including phenoxy) is 3. The first-order valence-electron chi connectivity index (χ1n) is 29.9. The molecular weight excluding hydrogens is 865 g/mol. The average molecular weight is 978 g/mol. The molecule has 0 fully saturated rings. The minimum absolute atomic E-state index is 0.0972. The molecular formula is C64H112O6. The highest BCUT2D eigenvalue weighted by Gasteiger charge is 2.19. The van der Waals surface area contributed by atoms with Crippen LogP contribution >= 0.6 is 0 Å². The van der Waals surface area contributed by atoms with Gasteiger partial charge >= 0.3 is 17.9 Å². The van der Waals surface area contributed by atoms with Crippen molar-refractivity contribution in [3.05, 3.63) is 72.9 Å². The van der Waals surface area contributed by atoms with E-state index in [4.69, 9.17) is 14.2 Å². The zero-order valence-electron chi connectivity index (χ0n) is 46.3. The Balaban J connectivity index is 4.45. The molecule has 0 saturated heterocycles. The molecule has 1 atom stereocenters. The van der Waals surface area contributed by atoms with Gasteiger partial charge in [-0.05, 0) is 89.9 Å². The average Bonchev–Trinajstić information content (AvgIpc) is 3.36. The Kier molecular flexibility index (Phi) is 55.8. The number of hydrogen-bond donors (Lipinski definition) is 0. The second kappa shape index (κ2) is 58.4. The number of allylic oxidation sites excluding steroid dienone is 12. The van der Waals surface area contributed by atoms with E-state index in [0.29, 0.717) is 19.3 Å². The molecule has 0 aromatic carbocycles. The van der Waals surface area contributed by atoms with Gasteiger partial charge in [0.15, 0.2) is 6.10 Å². The van der Waals surface area contributed by atoms with Gasteiger partial charge in [-0.3, -0.25) is 14.4 Å². The first kappa shape index (κ1) is 66.9. The van der Waals surface area contributed by atoms with Crippen molar-refractivity contribution in [3.63, 3.8) is 0 Å². The van der Waals surface area contributed by atoms with Crippen LogP contribution in [0, 0.1) is 0 Å². The topological polar surface area (TPSA) is 78.9 Å². The van der Waals surface area contributed by atoms with Crippen LogP contribution in [0.15, 0.2) is 72.9 Å². The van der Waals surface area contributed by atoms with E-state index in [2.05, 4.69) is 93.7 Å². The van der Waals surface area contributed by atoms with E-state index in [-0.39, 0.29) is 37.5 Å². The number of hydrogen-bond acceptors (Lipinski definition) is 6. The van der Waals surface area contributed by atoms with Crippen LogP contribution < -0.4 is 0 Å². The molecule has 0 amide bonds. The molecule has 0 aliphatic rings. The van der Waals surface area contributed by atoms with Crippen LogP contribution in [-0.2, 0) is 28.6 Å². The van der Waals surface area contributed by atoms with Crippen LogP contribution in [0.5, 0.6) is 0 Å². The van der Waals surface area contributed by atoms with Crippen molar-refractivity contribution in [2.75, 3.05) is 13.2 Å². The zero-order valence-corrected chi connectivity index (χ0v) is 46.3. The lowest BCUT2D eigenvalue weighted by molar-refractivity contribution is -0.167. The fraction of sp³-hybridized carbons (Fsp3) is 0.766. The lowest BCUT2D eigenvalue weighted by Crippen LogP contribution is -2.30. The maximum Gasteiger partial charge on any atom is 0.306 e. The third-order valence-electron chi connectivity index (χ3n) is 12.9. The van der Waals surface area contributed by atoms with Gasteiger partial charge in [0.2, 0.25) is 0 Å².